The smallest absolute Gasteiger partial charge is 0.223 e. The second-order valence-electron chi connectivity index (χ2n) is 5.08. The molecule has 3 nitrogen and oxygen atoms in total. The number of halogens is 1. The Balaban J connectivity index is 1.80. The van der Waals surface area contributed by atoms with E-state index in [1.165, 1.54) is 6.07 Å². The number of hydrogen-bond acceptors (Lipinski definition) is 2. The Morgan fingerprint density at radius 2 is 2.32 bits per heavy atom. The van der Waals surface area contributed by atoms with Crippen molar-refractivity contribution in [3.05, 3.63) is 35.6 Å². The second kappa shape index (κ2) is 6.66. The van der Waals surface area contributed by atoms with Gasteiger partial charge in [-0.3, -0.25) is 4.79 Å². The van der Waals surface area contributed by atoms with Crippen LogP contribution in [-0.4, -0.2) is 25.2 Å². The van der Waals surface area contributed by atoms with E-state index in [0.29, 0.717) is 18.5 Å². The largest absolute Gasteiger partial charge is 0.376 e. The summed E-state index contributed by atoms with van der Waals surface area (Å²) >= 11 is 0. The summed E-state index contributed by atoms with van der Waals surface area (Å²) in [5.41, 5.74) is 0.585. The number of hydrogen-bond donors (Lipinski definition) is 1. The molecular formula is C15H20FNO2. The van der Waals surface area contributed by atoms with Crippen LogP contribution in [-0.2, 0) is 16.0 Å². The quantitative estimate of drug-likeness (QED) is 0.887. The van der Waals surface area contributed by atoms with Crippen molar-refractivity contribution in [3.8, 4) is 0 Å². The van der Waals surface area contributed by atoms with Crippen LogP contribution in [0.4, 0.5) is 4.39 Å². The molecule has 0 radical (unpaired) electrons. The Bertz CT molecular complexity index is 430. The zero-order valence-electron chi connectivity index (χ0n) is 11.2. The van der Waals surface area contributed by atoms with Gasteiger partial charge in [0, 0.05) is 19.1 Å². The minimum Gasteiger partial charge on any atom is -0.376 e. The highest BCUT2D eigenvalue weighted by Gasteiger charge is 2.19. The maximum atomic E-state index is 13.5. The normalized spacial score (nSPS) is 20.2. The lowest BCUT2D eigenvalue weighted by Gasteiger charge is -2.15. The molecule has 1 saturated heterocycles. The average molecular weight is 265 g/mol. The topological polar surface area (TPSA) is 38.3 Å². The molecule has 19 heavy (non-hydrogen) atoms. The molecule has 0 bridgehead atoms. The van der Waals surface area contributed by atoms with Gasteiger partial charge in [0.05, 0.1) is 6.10 Å². The Morgan fingerprint density at radius 1 is 1.53 bits per heavy atom. The molecule has 1 heterocycles. The predicted molar refractivity (Wildman–Crippen MR) is 71.3 cm³/mol. The van der Waals surface area contributed by atoms with Crippen LogP contribution in [0.2, 0.25) is 0 Å². The third-order valence-corrected chi connectivity index (χ3v) is 3.46. The molecule has 2 unspecified atom stereocenters. The molecule has 0 saturated carbocycles. The number of amides is 1. The third kappa shape index (κ3) is 4.03. The van der Waals surface area contributed by atoms with E-state index in [2.05, 4.69) is 5.32 Å². The summed E-state index contributed by atoms with van der Waals surface area (Å²) in [5, 5.41) is 2.88. The molecule has 104 valence electrons. The molecule has 0 aliphatic carbocycles. The fourth-order valence-electron chi connectivity index (χ4n) is 2.28. The molecule has 1 fully saturated rings. The molecule has 1 aromatic rings. The van der Waals surface area contributed by atoms with E-state index in [0.717, 1.165) is 19.4 Å². The summed E-state index contributed by atoms with van der Waals surface area (Å²) in [5.74, 6) is -0.529. The van der Waals surface area contributed by atoms with Crippen LogP contribution in [0.15, 0.2) is 24.3 Å². The molecule has 1 aliphatic rings. The van der Waals surface area contributed by atoms with Crippen molar-refractivity contribution in [2.24, 2.45) is 5.92 Å². The first-order chi connectivity index (χ1) is 9.16. The van der Waals surface area contributed by atoms with Gasteiger partial charge in [0.25, 0.3) is 0 Å². The molecule has 4 heteroatoms. The van der Waals surface area contributed by atoms with Crippen LogP contribution in [0.1, 0.15) is 25.3 Å². The summed E-state index contributed by atoms with van der Waals surface area (Å²) in [7, 11) is 0. The molecule has 2 rings (SSSR count). The van der Waals surface area contributed by atoms with Crippen molar-refractivity contribution in [1.82, 2.24) is 5.32 Å². The summed E-state index contributed by atoms with van der Waals surface area (Å²) in [6.07, 6.45) is 2.63. The van der Waals surface area contributed by atoms with Gasteiger partial charge < -0.3 is 10.1 Å². The Labute approximate surface area is 113 Å². The Kier molecular flexibility index (Phi) is 4.91. The van der Waals surface area contributed by atoms with Gasteiger partial charge in [-0.05, 0) is 30.9 Å². The molecule has 0 aromatic heterocycles. The van der Waals surface area contributed by atoms with Crippen LogP contribution >= 0.6 is 0 Å². The lowest BCUT2D eigenvalue weighted by molar-refractivity contribution is -0.125. The summed E-state index contributed by atoms with van der Waals surface area (Å²) < 4.78 is 18.9. The average Bonchev–Trinajstić information content (AvgIpc) is 2.91. The summed E-state index contributed by atoms with van der Waals surface area (Å²) in [6.45, 7) is 3.16. The highest BCUT2D eigenvalue weighted by atomic mass is 19.1. The SMILES string of the molecule is CC(Cc1ccccc1F)C(=O)NCC1CCCO1. The van der Waals surface area contributed by atoms with Gasteiger partial charge in [0.15, 0.2) is 0 Å². The molecule has 2 atom stereocenters. The van der Waals surface area contributed by atoms with Crippen molar-refractivity contribution < 1.29 is 13.9 Å². The van der Waals surface area contributed by atoms with Gasteiger partial charge >= 0.3 is 0 Å². The maximum absolute atomic E-state index is 13.5. The van der Waals surface area contributed by atoms with Crippen molar-refractivity contribution in [2.45, 2.75) is 32.3 Å². The minimum atomic E-state index is -0.249. The molecule has 0 spiro atoms. The fourth-order valence-corrected chi connectivity index (χ4v) is 2.28. The van der Waals surface area contributed by atoms with E-state index in [4.69, 9.17) is 4.74 Å². The van der Waals surface area contributed by atoms with Crippen molar-refractivity contribution in [3.63, 3.8) is 0 Å². The Hall–Kier alpha value is -1.42. The van der Waals surface area contributed by atoms with Crippen LogP contribution in [0.5, 0.6) is 0 Å². The zero-order chi connectivity index (χ0) is 13.7. The summed E-state index contributed by atoms with van der Waals surface area (Å²) in [6, 6.07) is 6.59. The monoisotopic (exact) mass is 265 g/mol. The van der Waals surface area contributed by atoms with Crippen molar-refractivity contribution >= 4 is 5.91 Å². The van der Waals surface area contributed by atoms with E-state index in [9.17, 15) is 9.18 Å². The minimum absolute atomic E-state index is 0.0428. The molecule has 1 amide bonds. The first kappa shape index (κ1) is 14.0. The number of rotatable bonds is 5. The standard InChI is InChI=1S/C15H20FNO2/c1-11(9-12-5-2-3-7-14(12)16)15(18)17-10-13-6-4-8-19-13/h2-3,5,7,11,13H,4,6,8-10H2,1H3,(H,17,18). The van der Waals surface area contributed by atoms with E-state index in [1.54, 1.807) is 18.2 Å². The van der Waals surface area contributed by atoms with Gasteiger partial charge in [0.1, 0.15) is 5.82 Å². The molecular weight excluding hydrogens is 245 g/mol. The molecule has 1 N–H and O–H groups in total. The number of nitrogens with one attached hydrogen (secondary N) is 1. The number of carbonyl (C=O) groups excluding carboxylic acids is 1. The number of benzene rings is 1. The van der Waals surface area contributed by atoms with Crippen LogP contribution in [0.25, 0.3) is 0 Å². The van der Waals surface area contributed by atoms with Crippen LogP contribution in [0, 0.1) is 11.7 Å². The Morgan fingerprint density at radius 3 is 3.00 bits per heavy atom. The number of ether oxygens (including phenoxy) is 1. The first-order valence-electron chi connectivity index (χ1n) is 6.79. The van der Waals surface area contributed by atoms with Gasteiger partial charge in [-0.1, -0.05) is 25.1 Å². The van der Waals surface area contributed by atoms with E-state index >= 15 is 0 Å². The van der Waals surface area contributed by atoms with Crippen LogP contribution in [0.3, 0.4) is 0 Å². The van der Waals surface area contributed by atoms with Gasteiger partial charge in [-0.15, -0.1) is 0 Å². The predicted octanol–water partition coefficient (Wildman–Crippen LogP) is 2.30. The maximum Gasteiger partial charge on any atom is 0.223 e. The fraction of sp³-hybridized carbons (Fsp3) is 0.533. The second-order valence-corrected chi connectivity index (χ2v) is 5.08. The highest BCUT2D eigenvalue weighted by Crippen LogP contribution is 2.14. The zero-order valence-corrected chi connectivity index (χ0v) is 11.2. The van der Waals surface area contributed by atoms with E-state index in [-0.39, 0.29) is 23.7 Å². The summed E-state index contributed by atoms with van der Waals surface area (Å²) in [4.78, 5) is 11.9. The van der Waals surface area contributed by atoms with Gasteiger partial charge in [0.2, 0.25) is 5.91 Å². The highest BCUT2D eigenvalue weighted by molar-refractivity contribution is 5.78. The van der Waals surface area contributed by atoms with Gasteiger partial charge in [-0.25, -0.2) is 4.39 Å². The molecule has 1 aliphatic heterocycles. The first-order valence-corrected chi connectivity index (χ1v) is 6.79. The van der Waals surface area contributed by atoms with Crippen molar-refractivity contribution in [1.29, 1.82) is 0 Å². The van der Waals surface area contributed by atoms with E-state index < -0.39 is 0 Å². The number of carbonyl (C=O) groups is 1. The van der Waals surface area contributed by atoms with Crippen molar-refractivity contribution in [2.75, 3.05) is 13.2 Å². The lowest BCUT2D eigenvalue weighted by atomic mass is 10.00. The van der Waals surface area contributed by atoms with E-state index in [1.807, 2.05) is 6.92 Å². The van der Waals surface area contributed by atoms with Crippen LogP contribution < -0.4 is 5.32 Å². The lowest BCUT2D eigenvalue weighted by Crippen LogP contribution is -2.36. The third-order valence-electron chi connectivity index (χ3n) is 3.46. The molecule has 1 aromatic carbocycles. The van der Waals surface area contributed by atoms with Gasteiger partial charge in [-0.2, -0.15) is 0 Å².